The second-order valence-electron chi connectivity index (χ2n) is 10.1. The summed E-state index contributed by atoms with van der Waals surface area (Å²) in [5.74, 6) is -4.53. The minimum absolute atomic E-state index is 0.0818. The van der Waals surface area contributed by atoms with Crippen molar-refractivity contribution in [2.24, 2.45) is 16.5 Å². The number of ketones is 1. The van der Waals surface area contributed by atoms with Crippen LogP contribution in [-0.4, -0.2) is 72.6 Å². The first-order valence-electron chi connectivity index (χ1n) is 12.8. The number of nitrogens with two attached hydrogens (primary N) is 1. The Morgan fingerprint density at radius 1 is 1.30 bits per heavy atom. The predicted octanol–water partition coefficient (Wildman–Crippen LogP) is 1.94. The van der Waals surface area contributed by atoms with Crippen LogP contribution in [0, 0.1) is 11.3 Å². The molecule has 16 heteroatoms. The molecule has 1 aromatic heterocycles. The quantitative estimate of drug-likeness (QED) is 0.0813. The summed E-state index contributed by atoms with van der Waals surface area (Å²) in [7, 11) is -4.55. The van der Waals surface area contributed by atoms with Gasteiger partial charge < -0.3 is 20.0 Å². The molecule has 0 unspecified atom stereocenters. The molecule has 1 saturated carbocycles. The highest BCUT2D eigenvalue weighted by molar-refractivity contribution is 7.85. The summed E-state index contributed by atoms with van der Waals surface area (Å²) in [5.41, 5.74) is 4.39. The van der Waals surface area contributed by atoms with Gasteiger partial charge in [0.15, 0.2) is 16.6 Å². The number of amides is 1. The van der Waals surface area contributed by atoms with Gasteiger partial charge in [0.05, 0.1) is 30.6 Å². The van der Waals surface area contributed by atoms with E-state index >= 15 is 0 Å². The number of esters is 1. The van der Waals surface area contributed by atoms with Gasteiger partial charge in [-0.2, -0.15) is 8.42 Å². The number of aromatic nitrogens is 1. The number of thiazole rings is 1. The third-order valence-electron chi connectivity index (χ3n) is 6.85. The van der Waals surface area contributed by atoms with Crippen LogP contribution in [0.5, 0.6) is 0 Å². The van der Waals surface area contributed by atoms with Crippen LogP contribution in [0.4, 0.5) is 5.13 Å². The first kappa shape index (κ1) is 31.4. The third kappa shape index (κ3) is 6.96. The Balaban J connectivity index is 1.72. The van der Waals surface area contributed by atoms with Crippen molar-refractivity contribution >= 4 is 56.6 Å². The van der Waals surface area contributed by atoms with Crippen LogP contribution in [0.3, 0.4) is 0 Å². The summed E-state index contributed by atoms with van der Waals surface area (Å²) in [6, 6.07) is -0.913. The molecule has 0 bridgehead atoms. The smallest absolute Gasteiger partial charge is 0.364 e. The zero-order valence-electron chi connectivity index (χ0n) is 22.8. The highest BCUT2D eigenvalue weighted by Crippen LogP contribution is 2.40. The van der Waals surface area contributed by atoms with Gasteiger partial charge in [0.2, 0.25) is 5.91 Å². The molecule has 2 fully saturated rings. The summed E-state index contributed by atoms with van der Waals surface area (Å²) in [5, 5.41) is 5.42. The van der Waals surface area contributed by atoms with E-state index in [2.05, 4.69) is 10.1 Å². The number of oxime groups is 1. The molecule has 1 aromatic rings. The van der Waals surface area contributed by atoms with E-state index in [0.717, 1.165) is 30.6 Å². The maximum absolute atomic E-state index is 13.2. The molecule has 1 aliphatic heterocycles. The number of β-lactam (4-membered cyclic amide) rings is 1. The molecular weight excluding hydrogens is 568 g/mol. The van der Waals surface area contributed by atoms with E-state index in [-0.39, 0.29) is 29.6 Å². The Morgan fingerprint density at radius 3 is 2.52 bits per heavy atom. The molecule has 2 N–H and O–H groups in total. The molecule has 0 radical (unpaired) electrons. The second kappa shape index (κ2) is 12.6. The summed E-state index contributed by atoms with van der Waals surface area (Å²) in [6.07, 6.45) is 2.79. The second-order valence-corrected chi connectivity index (χ2v) is 12.5. The van der Waals surface area contributed by atoms with Crippen molar-refractivity contribution in [3.8, 4) is 0 Å². The lowest BCUT2D eigenvalue weighted by Gasteiger charge is -2.43. The number of anilines is 1. The van der Waals surface area contributed by atoms with E-state index < -0.39 is 64.2 Å². The van der Waals surface area contributed by atoms with Gasteiger partial charge in [0.1, 0.15) is 5.69 Å². The standard InChI is InChI=1S/C24H34N4O10S2/c1-5-35-21(32)24(9-7-6-8-10-24)13-37-40(33,34)28-15(2)16(20(28)31)11-18(30)19(17-12-39-22(25)26-17)27-38-23(3,4)36-14-29/h12,14-16H,5-11,13H2,1-4H3,(H2,25,26)/b27-19+/t15-,16-/m0/s1. The number of carbonyl (C=O) groups is 4. The third-order valence-corrected chi connectivity index (χ3v) is 8.94. The Labute approximate surface area is 236 Å². The van der Waals surface area contributed by atoms with E-state index in [9.17, 15) is 27.6 Å². The molecule has 0 spiro atoms. The Hall–Kier alpha value is -3.11. The lowest BCUT2D eigenvalue weighted by Crippen LogP contribution is -2.62. The van der Waals surface area contributed by atoms with E-state index in [1.165, 1.54) is 26.2 Å². The average molecular weight is 603 g/mol. The zero-order chi connectivity index (χ0) is 29.7. The summed E-state index contributed by atoms with van der Waals surface area (Å²) >= 11 is 1.05. The molecule has 222 valence electrons. The Kier molecular flexibility index (Phi) is 9.89. The van der Waals surface area contributed by atoms with Gasteiger partial charge >= 0.3 is 16.3 Å². The van der Waals surface area contributed by atoms with Crippen LogP contribution in [0.2, 0.25) is 0 Å². The van der Waals surface area contributed by atoms with Crippen LogP contribution in [-0.2, 0) is 48.0 Å². The number of hydrogen-bond acceptors (Lipinski definition) is 14. The number of rotatable bonds is 14. The summed E-state index contributed by atoms with van der Waals surface area (Å²) in [6.45, 7) is 5.79. The monoisotopic (exact) mass is 602 g/mol. The van der Waals surface area contributed by atoms with Gasteiger partial charge in [-0.3, -0.25) is 23.4 Å². The van der Waals surface area contributed by atoms with Crippen LogP contribution < -0.4 is 5.73 Å². The van der Waals surface area contributed by atoms with Gasteiger partial charge in [-0.25, -0.2) is 9.29 Å². The zero-order valence-corrected chi connectivity index (χ0v) is 24.4. The predicted molar refractivity (Wildman–Crippen MR) is 142 cm³/mol. The summed E-state index contributed by atoms with van der Waals surface area (Å²) in [4.78, 5) is 58.7. The number of carbonyl (C=O) groups excluding carboxylic acids is 4. The maximum atomic E-state index is 13.2. The fourth-order valence-electron chi connectivity index (χ4n) is 4.61. The largest absolute Gasteiger partial charge is 0.465 e. The van der Waals surface area contributed by atoms with Crippen molar-refractivity contribution in [2.75, 3.05) is 18.9 Å². The minimum atomic E-state index is -4.55. The van der Waals surface area contributed by atoms with Crippen LogP contribution >= 0.6 is 11.3 Å². The van der Waals surface area contributed by atoms with E-state index in [0.29, 0.717) is 17.1 Å². The Bertz CT molecular complexity index is 1250. The highest BCUT2D eigenvalue weighted by Gasteiger charge is 2.53. The van der Waals surface area contributed by atoms with Crippen molar-refractivity contribution in [1.29, 1.82) is 0 Å². The van der Waals surface area contributed by atoms with Crippen LogP contribution in [0.25, 0.3) is 0 Å². The van der Waals surface area contributed by atoms with E-state index in [1.54, 1.807) is 6.92 Å². The number of hydrogen-bond donors (Lipinski definition) is 1. The van der Waals surface area contributed by atoms with Crippen molar-refractivity contribution in [1.82, 2.24) is 9.29 Å². The van der Waals surface area contributed by atoms with Gasteiger partial charge in [-0.05, 0) is 26.7 Å². The molecule has 40 heavy (non-hydrogen) atoms. The topological polar surface area (TPSA) is 194 Å². The molecule has 14 nitrogen and oxygen atoms in total. The molecule has 2 heterocycles. The SMILES string of the molecule is CCOC(=O)C1(COS(=O)(=O)N2C(=O)[C@@H](CC(=O)/C(=N/OC(C)(C)OC=O)c3csc(N)n3)[C@@H]2C)CCCCC1. The molecule has 2 aliphatic rings. The lowest BCUT2D eigenvalue weighted by molar-refractivity contribution is -0.203. The van der Waals surface area contributed by atoms with Crippen molar-refractivity contribution in [3.05, 3.63) is 11.1 Å². The van der Waals surface area contributed by atoms with Crippen molar-refractivity contribution in [3.63, 3.8) is 0 Å². The van der Waals surface area contributed by atoms with E-state index in [1.807, 2.05) is 0 Å². The molecule has 1 saturated heterocycles. The summed E-state index contributed by atoms with van der Waals surface area (Å²) < 4.78 is 41.8. The first-order valence-corrected chi connectivity index (χ1v) is 15.0. The van der Waals surface area contributed by atoms with Crippen molar-refractivity contribution in [2.45, 2.75) is 78.0 Å². The van der Waals surface area contributed by atoms with Gasteiger partial charge in [0.25, 0.3) is 12.3 Å². The van der Waals surface area contributed by atoms with Crippen LogP contribution in [0.15, 0.2) is 10.5 Å². The fraction of sp³-hybridized carbons (Fsp3) is 0.667. The maximum Gasteiger partial charge on any atom is 0.364 e. The number of nitrogen functional groups attached to an aromatic ring is 1. The molecule has 1 aliphatic carbocycles. The highest BCUT2D eigenvalue weighted by atomic mass is 32.2. The molecule has 0 aromatic carbocycles. The van der Waals surface area contributed by atoms with Crippen LogP contribution in [0.1, 0.15) is 71.9 Å². The number of ether oxygens (including phenoxy) is 2. The fourth-order valence-corrected chi connectivity index (χ4v) is 6.56. The number of Topliss-reactive ketones (excluding diaryl/α,β-unsaturated/α-hetero) is 1. The minimum Gasteiger partial charge on any atom is -0.465 e. The van der Waals surface area contributed by atoms with Gasteiger partial charge in [-0.15, -0.1) is 11.3 Å². The Morgan fingerprint density at radius 2 is 1.98 bits per heavy atom. The van der Waals surface area contributed by atoms with Crippen molar-refractivity contribution < 1.29 is 46.1 Å². The van der Waals surface area contributed by atoms with Gasteiger partial charge in [0, 0.05) is 25.6 Å². The normalized spacial score (nSPS) is 21.4. The van der Waals surface area contributed by atoms with E-state index in [4.69, 9.17) is 24.2 Å². The lowest BCUT2D eigenvalue weighted by atomic mass is 9.75. The molecular formula is C24H34N4O10S2. The number of nitrogens with zero attached hydrogens (tertiary/aromatic N) is 3. The first-order chi connectivity index (χ1) is 18.8. The molecule has 3 rings (SSSR count). The average Bonchev–Trinajstić information content (AvgIpc) is 3.32. The molecule has 1 amide bonds. The van der Waals surface area contributed by atoms with Gasteiger partial charge in [-0.1, -0.05) is 24.4 Å². The molecule has 2 atom stereocenters.